The summed E-state index contributed by atoms with van der Waals surface area (Å²) in [7, 11) is 1.65. The van der Waals surface area contributed by atoms with Gasteiger partial charge in [0, 0.05) is 32.0 Å². The number of benzene rings is 1. The summed E-state index contributed by atoms with van der Waals surface area (Å²) in [4.78, 5) is 8.94. The molecule has 2 N–H and O–H groups in total. The number of guanidine groups is 1. The summed E-state index contributed by atoms with van der Waals surface area (Å²) in [5.74, 6) is 1.39. The molecule has 1 aromatic heterocycles. The first-order chi connectivity index (χ1) is 12.8. The molecule has 6 nitrogen and oxygen atoms in total. The van der Waals surface area contributed by atoms with Crippen LogP contribution in [0.5, 0.6) is 5.88 Å². The Hall–Kier alpha value is -1.87. The molecule has 0 fully saturated rings. The van der Waals surface area contributed by atoms with Gasteiger partial charge in [0.2, 0.25) is 5.88 Å². The SMILES string of the molecule is CCNC(=NCc1cccnc1OCCOC)NCCc1ccccc1.I. The third kappa shape index (κ3) is 9.05. The molecule has 1 heterocycles. The van der Waals surface area contributed by atoms with Crippen molar-refractivity contribution in [3.05, 3.63) is 59.8 Å². The normalized spacial score (nSPS) is 10.8. The Labute approximate surface area is 178 Å². The third-order valence-corrected chi connectivity index (χ3v) is 3.68. The zero-order chi connectivity index (χ0) is 18.5. The predicted octanol–water partition coefficient (Wildman–Crippen LogP) is 3.02. The van der Waals surface area contributed by atoms with Crippen LogP contribution in [0.15, 0.2) is 53.7 Å². The molecule has 1 aromatic carbocycles. The highest BCUT2D eigenvalue weighted by Crippen LogP contribution is 2.15. The summed E-state index contributed by atoms with van der Waals surface area (Å²) < 4.78 is 10.7. The monoisotopic (exact) mass is 484 g/mol. The van der Waals surface area contributed by atoms with Gasteiger partial charge in [0.15, 0.2) is 5.96 Å². The standard InChI is InChI=1S/C20H28N4O2.HI/c1-3-21-20(23-13-11-17-8-5-4-6-9-17)24-16-18-10-7-12-22-19(18)26-15-14-25-2;/h4-10,12H,3,11,13-16H2,1-2H3,(H2,21,23,24);1H. The molecule has 0 radical (unpaired) electrons. The number of halogens is 1. The third-order valence-electron chi connectivity index (χ3n) is 3.68. The van der Waals surface area contributed by atoms with E-state index in [1.165, 1.54) is 5.56 Å². The van der Waals surface area contributed by atoms with Crippen LogP contribution in [-0.2, 0) is 17.7 Å². The summed E-state index contributed by atoms with van der Waals surface area (Å²) in [5, 5.41) is 6.64. The molecule has 0 saturated heterocycles. The molecule has 0 spiro atoms. The number of pyridine rings is 1. The lowest BCUT2D eigenvalue weighted by molar-refractivity contribution is 0.143. The van der Waals surface area contributed by atoms with Crippen LogP contribution in [0.1, 0.15) is 18.1 Å². The number of nitrogens with zero attached hydrogens (tertiary/aromatic N) is 2. The highest BCUT2D eigenvalue weighted by atomic mass is 127. The molecule has 0 amide bonds. The number of ether oxygens (including phenoxy) is 2. The largest absolute Gasteiger partial charge is 0.475 e. The second-order valence-corrected chi connectivity index (χ2v) is 5.67. The maximum atomic E-state index is 5.66. The Morgan fingerprint density at radius 2 is 1.89 bits per heavy atom. The molecule has 27 heavy (non-hydrogen) atoms. The molecule has 148 valence electrons. The van der Waals surface area contributed by atoms with Crippen molar-refractivity contribution in [2.24, 2.45) is 4.99 Å². The Balaban J connectivity index is 0.00000364. The number of hydrogen-bond acceptors (Lipinski definition) is 4. The summed E-state index contributed by atoms with van der Waals surface area (Å²) in [6.07, 6.45) is 2.67. The van der Waals surface area contributed by atoms with E-state index < -0.39 is 0 Å². The predicted molar refractivity (Wildman–Crippen MR) is 120 cm³/mol. The fraction of sp³-hybridized carbons (Fsp3) is 0.400. The minimum atomic E-state index is 0. The van der Waals surface area contributed by atoms with E-state index in [0.29, 0.717) is 25.6 Å². The van der Waals surface area contributed by atoms with Crippen LogP contribution in [0.3, 0.4) is 0 Å². The van der Waals surface area contributed by atoms with E-state index in [2.05, 4.69) is 51.8 Å². The molecule has 0 atom stereocenters. The maximum Gasteiger partial charge on any atom is 0.218 e. The van der Waals surface area contributed by atoms with Gasteiger partial charge in [-0.3, -0.25) is 0 Å². The second kappa shape index (κ2) is 14.2. The Kier molecular flexibility index (Phi) is 12.2. The van der Waals surface area contributed by atoms with E-state index in [4.69, 9.17) is 9.47 Å². The van der Waals surface area contributed by atoms with Gasteiger partial charge in [0.1, 0.15) is 6.61 Å². The quantitative estimate of drug-likeness (QED) is 0.235. The van der Waals surface area contributed by atoms with Gasteiger partial charge in [-0.1, -0.05) is 36.4 Å². The molecule has 0 aliphatic rings. The van der Waals surface area contributed by atoms with Crippen LogP contribution in [-0.4, -0.2) is 44.4 Å². The number of hydrogen-bond donors (Lipinski definition) is 2. The Morgan fingerprint density at radius 1 is 1.07 bits per heavy atom. The number of rotatable bonds is 10. The van der Waals surface area contributed by atoms with Crippen molar-refractivity contribution in [1.29, 1.82) is 0 Å². The first-order valence-electron chi connectivity index (χ1n) is 8.95. The molecular weight excluding hydrogens is 455 g/mol. The van der Waals surface area contributed by atoms with Crippen molar-refractivity contribution < 1.29 is 9.47 Å². The van der Waals surface area contributed by atoms with Crippen LogP contribution in [0.4, 0.5) is 0 Å². The fourth-order valence-corrected chi connectivity index (χ4v) is 2.37. The van der Waals surface area contributed by atoms with Gasteiger partial charge >= 0.3 is 0 Å². The number of aliphatic imine (C=N–C) groups is 1. The van der Waals surface area contributed by atoms with E-state index in [1.54, 1.807) is 13.3 Å². The molecule has 0 bridgehead atoms. The molecular formula is C20H29IN4O2. The topological polar surface area (TPSA) is 67.8 Å². The second-order valence-electron chi connectivity index (χ2n) is 5.67. The van der Waals surface area contributed by atoms with E-state index >= 15 is 0 Å². The average molecular weight is 484 g/mol. The van der Waals surface area contributed by atoms with Gasteiger partial charge in [0.05, 0.1) is 13.2 Å². The van der Waals surface area contributed by atoms with E-state index in [9.17, 15) is 0 Å². The zero-order valence-corrected chi connectivity index (χ0v) is 18.3. The van der Waals surface area contributed by atoms with Gasteiger partial charge in [-0.05, 0) is 25.0 Å². The first-order valence-corrected chi connectivity index (χ1v) is 8.95. The smallest absolute Gasteiger partial charge is 0.218 e. The fourth-order valence-electron chi connectivity index (χ4n) is 2.37. The molecule has 0 saturated carbocycles. The number of nitrogens with one attached hydrogen (secondary N) is 2. The van der Waals surface area contributed by atoms with E-state index in [0.717, 1.165) is 31.0 Å². The lowest BCUT2D eigenvalue weighted by atomic mass is 10.1. The van der Waals surface area contributed by atoms with Crippen molar-refractivity contribution >= 4 is 29.9 Å². The molecule has 0 aliphatic carbocycles. The first kappa shape index (κ1) is 23.2. The number of methoxy groups -OCH3 is 1. The summed E-state index contributed by atoms with van der Waals surface area (Å²) in [6, 6.07) is 14.3. The van der Waals surface area contributed by atoms with E-state index in [1.807, 2.05) is 18.2 Å². The Morgan fingerprint density at radius 3 is 2.63 bits per heavy atom. The highest BCUT2D eigenvalue weighted by molar-refractivity contribution is 14.0. The lowest BCUT2D eigenvalue weighted by Crippen LogP contribution is -2.38. The van der Waals surface area contributed by atoms with Crippen LogP contribution in [0, 0.1) is 0 Å². The van der Waals surface area contributed by atoms with Crippen molar-refractivity contribution in [3.8, 4) is 5.88 Å². The molecule has 2 rings (SSSR count). The van der Waals surface area contributed by atoms with Crippen molar-refractivity contribution in [2.45, 2.75) is 19.9 Å². The molecule has 2 aromatic rings. The maximum absolute atomic E-state index is 5.66. The zero-order valence-electron chi connectivity index (χ0n) is 16.0. The molecule has 0 unspecified atom stereocenters. The minimum Gasteiger partial charge on any atom is -0.475 e. The summed E-state index contributed by atoms with van der Waals surface area (Å²) in [5.41, 5.74) is 2.25. The van der Waals surface area contributed by atoms with Gasteiger partial charge in [0.25, 0.3) is 0 Å². The molecule has 7 heteroatoms. The highest BCUT2D eigenvalue weighted by Gasteiger charge is 2.05. The van der Waals surface area contributed by atoms with Crippen molar-refractivity contribution in [1.82, 2.24) is 15.6 Å². The molecule has 0 aliphatic heterocycles. The van der Waals surface area contributed by atoms with Crippen LogP contribution in [0.25, 0.3) is 0 Å². The van der Waals surface area contributed by atoms with E-state index in [-0.39, 0.29) is 24.0 Å². The average Bonchev–Trinajstić information content (AvgIpc) is 2.68. The van der Waals surface area contributed by atoms with Gasteiger partial charge in [-0.25, -0.2) is 9.98 Å². The van der Waals surface area contributed by atoms with Gasteiger partial charge in [-0.15, -0.1) is 24.0 Å². The summed E-state index contributed by atoms with van der Waals surface area (Å²) >= 11 is 0. The van der Waals surface area contributed by atoms with Crippen LogP contribution >= 0.6 is 24.0 Å². The van der Waals surface area contributed by atoms with Crippen molar-refractivity contribution in [3.63, 3.8) is 0 Å². The Bertz CT molecular complexity index is 668. The van der Waals surface area contributed by atoms with Crippen molar-refractivity contribution in [2.75, 3.05) is 33.4 Å². The summed E-state index contributed by atoms with van der Waals surface area (Å²) in [6.45, 7) is 5.18. The number of aromatic nitrogens is 1. The van der Waals surface area contributed by atoms with Crippen LogP contribution < -0.4 is 15.4 Å². The van der Waals surface area contributed by atoms with Gasteiger partial charge in [-0.2, -0.15) is 0 Å². The lowest BCUT2D eigenvalue weighted by Gasteiger charge is -2.12. The van der Waals surface area contributed by atoms with Gasteiger partial charge < -0.3 is 20.1 Å². The van der Waals surface area contributed by atoms with Crippen LogP contribution in [0.2, 0.25) is 0 Å². The minimum absolute atomic E-state index is 0.